The molecule has 0 saturated heterocycles. The number of nitrogens with zero attached hydrogens (tertiary/aromatic N) is 2. The fourth-order valence-electron chi connectivity index (χ4n) is 0.966. The molecule has 1 aromatic heterocycles. The normalized spacial score (nSPS) is 10.2. The van der Waals surface area contributed by atoms with Crippen molar-refractivity contribution in [3.63, 3.8) is 0 Å². The molecule has 1 rings (SSSR count). The van der Waals surface area contributed by atoms with Crippen LogP contribution in [0.4, 0.5) is 14.5 Å². The highest BCUT2D eigenvalue weighted by Crippen LogP contribution is 2.24. The number of aliphatic hydroxyl groups excluding tert-OH is 1. The number of aromatic nitrogens is 1. The molecule has 1 aromatic rings. The van der Waals surface area contributed by atoms with Crippen molar-refractivity contribution in [1.82, 2.24) is 4.98 Å². The predicted octanol–water partition coefficient (Wildman–Crippen LogP) is 0.965. The highest BCUT2D eigenvalue weighted by atomic mass is 19.3. The van der Waals surface area contributed by atoms with E-state index in [4.69, 9.17) is 16.1 Å². The van der Waals surface area contributed by atoms with Crippen molar-refractivity contribution in [3.05, 3.63) is 23.0 Å². The fraction of sp³-hybridized carbons (Fsp3) is 0.250. The number of nitriles is 1. The van der Waals surface area contributed by atoms with Gasteiger partial charge in [0.05, 0.1) is 23.6 Å². The maximum Gasteiger partial charge on any atom is 0.266 e. The van der Waals surface area contributed by atoms with E-state index >= 15 is 0 Å². The molecule has 0 radical (unpaired) electrons. The van der Waals surface area contributed by atoms with E-state index < -0.39 is 24.3 Å². The zero-order valence-corrected chi connectivity index (χ0v) is 7.04. The van der Waals surface area contributed by atoms with Crippen LogP contribution in [0, 0.1) is 11.3 Å². The summed E-state index contributed by atoms with van der Waals surface area (Å²) in [6.07, 6.45) is -2.80. The Hall–Kier alpha value is -1.74. The van der Waals surface area contributed by atoms with Gasteiger partial charge in [0.2, 0.25) is 0 Å². The van der Waals surface area contributed by atoms with Gasteiger partial charge < -0.3 is 10.8 Å². The maximum absolute atomic E-state index is 12.3. The molecule has 0 unspecified atom stereocenters. The van der Waals surface area contributed by atoms with Crippen LogP contribution in [0.2, 0.25) is 0 Å². The molecule has 0 aliphatic carbocycles. The Morgan fingerprint density at radius 3 is 2.71 bits per heavy atom. The number of nitrogens with two attached hydrogens (primary N) is 1. The third-order valence-electron chi connectivity index (χ3n) is 1.66. The summed E-state index contributed by atoms with van der Waals surface area (Å²) in [5, 5.41) is 17.2. The lowest BCUT2D eigenvalue weighted by molar-refractivity contribution is 0.150. The first-order chi connectivity index (χ1) is 6.60. The standard InChI is InChI=1S/C8H7F2N3O/c9-8(10)4-1-5(12)7(3-14)13-6(4)2-11/h1,8,14H,3,12H2. The first-order valence-corrected chi connectivity index (χ1v) is 3.68. The lowest BCUT2D eigenvalue weighted by Gasteiger charge is -2.06. The predicted molar refractivity (Wildman–Crippen MR) is 44.2 cm³/mol. The minimum atomic E-state index is -2.80. The van der Waals surface area contributed by atoms with Crippen LogP contribution < -0.4 is 5.73 Å². The monoisotopic (exact) mass is 199 g/mol. The van der Waals surface area contributed by atoms with Crippen molar-refractivity contribution in [1.29, 1.82) is 5.26 Å². The number of hydrogen-bond donors (Lipinski definition) is 2. The van der Waals surface area contributed by atoms with E-state index in [1.165, 1.54) is 6.07 Å². The molecule has 0 atom stereocenters. The van der Waals surface area contributed by atoms with E-state index in [1.54, 1.807) is 0 Å². The van der Waals surface area contributed by atoms with E-state index in [0.717, 1.165) is 6.07 Å². The zero-order valence-electron chi connectivity index (χ0n) is 7.04. The van der Waals surface area contributed by atoms with Crippen molar-refractivity contribution in [2.45, 2.75) is 13.0 Å². The zero-order chi connectivity index (χ0) is 10.7. The number of rotatable bonds is 2. The number of aliphatic hydroxyl groups is 1. The Kier molecular flexibility index (Phi) is 2.94. The molecule has 3 N–H and O–H groups in total. The van der Waals surface area contributed by atoms with E-state index in [1.807, 2.05) is 0 Å². The summed E-state index contributed by atoms with van der Waals surface area (Å²) >= 11 is 0. The Bertz CT molecular complexity index is 387. The number of halogens is 2. The third-order valence-corrected chi connectivity index (χ3v) is 1.66. The van der Waals surface area contributed by atoms with Crippen molar-refractivity contribution >= 4 is 5.69 Å². The second kappa shape index (κ2) is 3.98. The Labute approximate surface area is 78.6 Å². The van der Waals surface area contributed by atoms with Gasteiger partial charge in [-0.2, -0.15) is 5.26 Å². The summed E-state index contributed by atoms with van der Waals surface area (Å²) in [4.78, 5) is 3.51. The Morgan fingerprint density at radius 2 is 2.29 bits per heavy atom. The molecule has 0 aliphatic heterocycles. The number of alkyl halides is 2. The molecule has 4 nitrogen and oxygen atoms in total. The van der Waals surface area contributed by atoms with Gasteiger partial charge in [-0.1, -0.05) is 0 Å². The van der Waals surface area contributed by atoms with Gasteiger partial charge in [-0.3, -0.25) is 0 Å². The molecule has 14 heavy (non-hydrogen) atoms. The summed E-state index contributed by atoms with van der Waals surface area (Å²) in [6, 6.07) is 2.48. The van der Waals surface area contributed by atoms with Crippen molar-refractivity contribution in [2.24, 2.45) is 0 Å². The van der Waals surface area contributed by atoms with Gasteiger partial charge in [0.25, 0.3) is 6.43 Å². The molecule has 0 fully saturated rings. The molecule has 74 valence electrons. The third kappa shape index (κ3) is 1.78. The van der Waals surface area contributed by atoms with Crippen molar-refractivity contribution in [2.75, 3.05) is 5.73 Å². The van der Waals surface area contributed by atoms with Gasteiger partial charge in [-0.25, -0.2) is 13.8 Å². The van der Waals surface area contributed by atoms with Gasteiger partial charge in [0.15, 0.2) is 0 Å². The largest absolute Gasteiger partial charge is 0.397 e. The molecular weight excluding hydrogens is 192 g/mol. The molecule has 0 aliphatic rings. The summed E-state index contributed by atoms with van der Waals surface area (Å²) in [5.41, 5.74) is 4.41. The number of pyridine rings is 1. The summed E-state index contributed by atoms with van der Waals surface area (Å²) < 4.78 is 24.6. The first kappa shape index (κ1) is 10.3. The van der Waals surface area contributed by atoms with Gasteiger partial charge in [0.1, 0.15) is 11.8 Å². The average Bonchev–Trinajstić information content (AvgIpc) is 2.17. The molecule has 0 aromatic carbocycles. The van der Waals surface area contributed by atoms with E-state index in [0.29, 0.717) is 0 Å². The second-order valence-corrected chi connectivity index (χ2v) is 2.53. The van der Waals surface area contributed by atoms with Gasteiger partial charge in [-0.15, -0.1) is 0 Å². The molecule has 0 bridgehead atoms. The van der Waals surface area contributed by atoms with Crippen LogP contribution in [0.1, 0.15) is 23.4 Å². The van der Waals surface area contributed by atoms with Crippen molar-refractivity contribution < 1.29 is 13.9 Å². The number of nitrogen functional groups attached to an aromatic ring is 1. The summed E-state index contributed by atoms with van der Waals surface area (Å²) in [5.74, 6) is 0. The first-order valence-electron chi connectivity index (χ1n) is 3.68. The van der Waals surface area contributed by atoms with Crippen LogP contribution in [-0.4, -0.2) is 10.1 Å². The molecule has 0 amide bonds. The Morgan fingerprint density at radius 1 is 1.64 bits per heavy atom. The Balaban J connectivity index is 3.33. The fourth-order valence-corrected chi connectivity index (χ4v) is 0.966. The minimum Gasteiger partial charge on any atom is -0.397 e. The van der Waals surface area contributed by atoms with Crippen LogP contribution in [0.25, 0.3) is 0 Å². The number of hydrogen-bond acceptors (Lipinski definition) is 4. The van der Waals surface area contributed by atoms with E-state index in [-0.39, 0.29) is 11.4 Å². The van der Waals surface area contributed by atoms with Gasteiger partial charge in [-0.05, 0) is 6.07 Å². The maximum atomic E-state index is 12.3. The SMILES string of the molecule is N#Cc1nc(CO)c(N)cc1C(F)F. The van der Waals surface area contributed by atoms with Gasteiger partial charge >= 0.3 is 0 Å². The molecular formula is C8H7F2N3O. The van der Waals surface area contributed by atoms with Crippen LogP contribution >= 0.6 is 0 Å². The molecule has 0 saturated carbocycles. The average molecular weight is 199 g/mol. The quantitative estimate of drug-likeness (QED) is 0.743. The summed E-state index contributed by atoms with van der Waals surface area (Å²) in [7, 11) is 0. The second-order valence-electron chi connectivity index (χ2n) is 2.53. The highest BCUT2D eigenvalue weighted by Gasteiger charge is 2.16. The molecule has 6 heteroatoms. The smallest absolute Gasteiger partial charge is 0.266 e. The van der Waals surface area contributed by atoms with E-state index in [2.05, 4.69) is 4.98 Å². The lowest BCUT2D eigenvalue weighted by Crippen LogP contribution is -2.04. The topological polar surface area (TPSA) is 82.9 Å². The van der Waals surface area contributed by atoms with E-state index in [9.17, 15) is 8.78 Å². The van der Waals surface area contributed by atoms with Crippen LogP contribution in [0.5, 0.6) is 0 Å². The van der Waals surface area contributed by atoms with Crippen LogP contribution in [0.15, 0.2) is 6.07 Å². The molecule has 0 spiro atoms. The van der Waals surface area contributed by atoms with Crippen molar-refractivity contribution in [3.8, 4) is 6.07 Å². The van der Waals surface area contributed by atoms with Gasteiger partial charge in [0, 0.05) is 0 Å². The van der Waals surface area contributed by atoms with Crippen LogP contribution in [-0.2, 0) is 6.61 Å². The minimum absolute atomic E-state index is 0.0333. The lowest BCUT2D eigenvalue weighted by atomic mass is 10.1. The summed E-state index contributed by atoms with van der Waals surface area (Å²) in [6.45, 7) is -0.482. The highest BCUT2D eigenvalue weighted by molar-refractivity contribution is 5.49. The van der Waals surface area contributed by atoms with Crippen LogP contribution in [0.3, 0.4) is 0 Å². The molecule has 1 heterocycles. The number of anilines is 1.